The average Bonchev–Trinajstić information content (AvgIpc) is 2.85. The van der Waals surface area contributed by atoms with Crippen LogP contribution in [-0.4, -0.2) is 22.1 Å². The highest BCUT2D eigenvalue weighted by Gasteiger charge is 2.31. The molecule has 0 spiro atoms. The first-order valence-corrected chi connectivity index (χ1v) is 6.72. The second-order valence-electron chi connectivity index (χ2n) is 5.10. The van der Waals surface area contributed by atoms with E-state index in [-0.39, 0.29) is 12.1 Å². The van der Waals surface area contributed by atoms with Crippen LogP contribution in [0, 0.1) is 24.0 Å². The molecule has 1 unspecified atom stereocenters. The van der Waals surface area contributed by atoms with Crippen LogP contribution in [-0.2, 0) is 11.2 Å². The topological polar surface area (TPSA) is 89.7 Å². The van der Waals surface area contributed by atoms with Crippen molar-refractivity contribution in [2.75, 3.05) is 0 Å². The van der Waals surface area contributed by atoms with Crippen molar-refractivity contribution in [3.05, 3.63) is 44.1 Å². The van der Waals surface area contributed by atoms with E-state index in [1.165, 1.54) is 0 Å². The van der Waals surface area contributed by atoms with Crippen LogP contribution in [0.3, 0.4) is 0 Å². The predicted octanol–water partition coefficient (Wildman–Crippen LogP) is 2.72. The lowest BCUT2D eigenvalue weighted by molar-refractivity contribution is -0.425. The van der Waals surface area contributed by atoms with Gasteiger partial charge in [0.15, 0.2) is 6.10 Å². The van der Waals surface area contributed by atoms with E-state index in [1.807, 2.05) is 13.8 Å². The van der Waals surface area contributed by atoms with Gasteiger partial charge in [0.25, 0.3) is 0 Å². The Hall–Kier alpha value is -2.37. The Morgan fingerprint density at radius 1 is 1.52 bits per heavy atom. The molecule has 0 saturated carbocycles. The third-order valence-electron chi connectivity index (χ3n) is 3.82. The summed E-state index contributed by atoms with van der Waals surface area (Å²) >= 11 is 0. The van der Waals surface area contributed by atoms with E-state index in [0.29, 0.717) is 12.2 Å². The summed E-state index contributed by atoms with van der Waals surface area (Å²) in [6, 6.07) is 1.79. The van der Waals surface area contributed by atoms with Crippen molar-refractivity contribution in [2.45, 2.75) is 39.7 Å². The van der Waals surface area contributed by atoms with E-state index in [9.17, 15) is 14.9 Å². The zero-order valence-electron chi connectivity index (χ0n) is 12.2. The fourth-order valence-corrected chi connectivity index (χ4v) is 2.44. The number of carboxylic acid groups (broad SMARTS) is 1. The third-order valence-corrected chi connectivity index (χ3v) is 3.82. The molecule has 0 fully saturated rings. The lowest BCUT2D eigenvalue weighted by Gasteiger charge is -2.11. The number of rotatable bonds is 4. The van der Waals surface area contributed by atoms with Crippen molar-refractivity contribution >= 4 is 12.0 Å². The molecular weight excluding hydrogens is 274 g/mol. The Kier molecular flexibility index (Phi) is 3.97. The molecule has 2 rings (SSSR count). The summed E-state index contributed by atoms with van der Waals surface area (Å²) < 4.78 is 5.46. The van der Waals surface area contributed by atoms with Gasteiger partial charge in [0.2, 0.25) is 5.70 Å². The normalized spacial score (nSPS) is 17.3. The summed E-state index contributed by atoms with van der Waals surface area (Å²) in [7, 11) is 0. The summed E-state index contributed by atoms with van der Waals surface area (Å²) in [6.45, 7) is 5.42. The van der Waals surface area contributed by atoms with Crippen LogP contribution in [0.15, 0.2) is 11.8 Å². The van der Waals surface area contributed by atoms with Gasteiger partial charge in [-0.25, -0.2) is 4.79 Å². The zero-order chi connectivity index (χ0) is 15.7. The summed E-state index contributed by atoms with van der Waals surface area (Å²) in [5.41, 5.74) is 3.37. The Balaban J connectivity index is 2.49. The minimum atomic E-state index is -1.00. The number of aliphatic carboxylic acids is 1. The lowest BCUT2D eigenvalue weighted by atomic mass is 9.96. The minimum absolute atomic E-state index is 0.131. The molecule has 6 heteroatoms. The second kappa shape index (κ2) is 5.55. The molecule has 21 heavy (non-hydrogen) atoms. The SMILES string of the molecule is CCC(=Cc1cc2c(c(C)c1C)OC(C(=O)O)C2)[N+](=O)[O-]. The van der Waals surface area contributed by atoms with E-state index >= 15 is 0 Å². The molecule has 1 aromatic carbocycles. The van der Waals surface area contributed by atoms with Crippen molar-refractivity contribution in [1.82, 2.24) is 0 Å². The molecule has 0 radical (unpaired) electrons. The molecule has 1 aromatic rings. The van der Waals surface area contributed by atoms with E-state index < -0.39 is 17.0 Å². The van der Waals surface area contributed by atoms with Crippen LogP contribution in [0.2, 0.25) is 0 Å². The van der Waals surface area contributed by atoms with Gasteiger partial charge >= 0.3 is 5.97 Å². The average molecular weight is 291 g/mol. The monoisotopic (exact) mass is 291 g/mol. The number of nitro groups is 1. The van der Waals surface area contributed by atoms with E-state index in [1.54, 1.807) is 19.1 Å². The first-order chi connectivity index (χ1) is 9.85. The summed E-state index contributed by atoms with van der Waals surface area (Å²) in [5, 5.41) is 20.0. The van der Waals surface area contributed by atoms with Crippen LogP contribution in [0.1, 0.15) is 35.6 Å². The summed E-state index contributed by atoms with van der Waals surface area (Å²) in [5.74, 6) is -0.406. The lowest BCUT2D eigenvalue weighted by Crippen LogP contribution is -2.24. The number of carbonyl (C=O) groups is 1. The van der Waals surface area contributed by atoms with Gasteiger partial charge in [-0.15, -0.1) is 0 Å². The predicted molar refractivity (Wildman–Crippen MR) is 76.9 cm³/mol. The number of carboxylic acids is 1. The van der Waals surface area contributed by atoms with Gasteiger partial charge in [0.05, 0.1) is 4.92 Å². The van der Waals surface area contributed by atoms with Gasteiger partial charge in [-0.3, -0.25) is 10.1 Å². The number of allylic oxidation sites excluding steroid dienone is 1. The molecule has 1 heterocycles. The maximum Gasteiger partial charge on any atom is 0.345 e. The zero-order valence-corrected chi connectivity index (χ0v) is 12.2. The van der Waals surface area contributed by atoms with Crippen LogP contribution in [0.25, 0.3) is 6.08 Å². The van der Waals surface area contributed by atoms with Gasteiger partial charge < -0.3 is 9.84 Å². The maximum atomic E-state index is 11.0. The van der Waals surface area contributed by atoms with E-state index in [4.69, 9.17) is 9.84 Å². The number of benzene rings is 1. The van der Waals surface area contributed by atoms with E-state index in [0.717, 1.165) is 22.3 Å². The van der Waals surface area contributed by atoms with Crippen LogP contribution < -0.4 is 4.74 Å². The number of ether oxygens (including phenoxy) is 1. The van der Waals surface area contributed by atoms with Crippen LogP contribution in [0.5, 0.6) is 5.75 Å². The quantitative estimate of drug-likeness (QED) is 0.680. The highest BCUT2D eigenvalue weighted by atomic mass is 16.6. The number of nitrogens with zero attached hydrogens (tertiary/aromatic N) is 1. The fourth-order valence-electron chi connectivity index (χ4n) is 2.44. The van der Waals surface area contributed by atoms with Crippen LogP contribution >= 0.6 is 0 Å². The van der Waals surface area contributed by atoms with Gasteiger partial charge in [-0.05, 0) is 42.2 Å². The summed E-state index contributed by atoms with van der Waals surface area (Å²) in [4.78, 5) is 21.6. The van der Waals surface area contributed by atoms with E-state index in [2.05, 4.69) is 0 Å². The van der Waals surface area contributed by atoms with Crippen molar-refractivity contribution < 1.29 is 19.6 Å². The molecule has 1 aliphatic rings. The first kappa shape index (κ1) is 15.0. The minimum Gasteiger partial charge on any atom is -0.478 e. The molecule has 0 bridgehead atoms. The molecule has 6 nitrogen and oxygen atoms in total. The van der Waals surface area contributed by atoms with Crippen molar-refractivity contribution in [2.24, 2.45) is 0 Å². The second-order valence-corrected chi connectivity index (χ2v) is 5.10. The number of hydrogen-bond donors (Lipinski definition) is 1. The highest BCUT2D eigenvalue weighted by molar-refractivity contribution is 5.76. The summed E-state index contributed by atoms with van der Waals surface area (Å²) in [6.07, 6.45) is 1.29. The van der Waals surface area contributed by atoms with Gasteiger partial charge in [-0.1, -0.05) is 6.92 Å². The standard InChI is InChI=1S/C15H17NO5/c1-4-12(16(19)20)6-10-5-11-7-13(15(17)18)21-14(11)9(3)8(10)2/h5-6,13H,4,7H2,1-3H3,(H,17,18). The van der Waals surface area contributed by atoms with Gasteiger partial charge in [-0.2, -0.15) is 0 Å². The highest BCUT2D eigenvalue weighted by Crippen LogP contribution is 2.36. The maximum absolute atomic E-state index is 11.0. The fraction of sp³-hybridized carbons (Fsp3) is 0.400. The van der Waals surface area contributed by atoms with Gasteiger partial charge in [0, 0.05) is 18.9 Å². The Morgan fingerprint density at radius 2 is 2.19 bits per heavy atom. The third kappa shape index (κ3) is 2.74. The number of hydrogen-bond acceptors (Lipinski definition) is 4. The van der Waals surface area contributed by atoms with Crippen molar-refractivity contribution in [3.63, 3.8) is 0 Å². The molecule has 1 aliphatic heterocycles. The molecule has 112 valence electrons. The van der Waals surface area contributed by atoms with Crippen LogP contribution in [0.4, 0.5) is 0 Å². The number of fused-ring (bicyclic) bond motifs is 1. The molecular formula is C15H17NO5. The molecule has 0 aliphatic carbocycles. The molecule has 0 saturated heterocycles. The molecule has 1 atom stereocenters. The first-order valence-electron chi connectivity index (χ1n) is 6.72. The Bertz CT molecular complexity index is 648. The molecule has 0 amide bonds. The Labute approximate surface area is 122 Å². The van der Waals surface area contributed by atoms with Crippen molar-refractivity contribution in [1.29, 1.82) is 0 Å². The van der Waals surface area contributed by atoms with Gasteiger partial charge in [0.1, 0.15) is 5.75 Å². The molecule has 0 aromatic heterocycles. The molecule has 1 N–H and O–H groups in total. The smallest absolute Gasteiger partial charge is 0.345 e. The Morgan fingerprint density at radius 3 is 2.71 bits per heavy atom. The van der Waals surface area contributed by atoms with Crippen molar-refractivity contribution in [3.8, 4) is 5.75 Å². The largest absolute Gasteiger partial charge is 0.478 e.